The third kappa shape index (κ3) is 1.61. The van der Waals surface area contributed by atoms with Crippen molar-refractivity contribution in [2.75, 3.05) is 0 Å². The summed E-state index contributed by atoms with van der Waals surface area (Å²) in [6.45, 7) is 0. The molecular formula is C14H10N2O. The number of para-hydroxylation sites is 2. The molecule has 0 spiro atoms. The maximum atomic E-state index is 10.8. The summed E-state index contributed by atoms with van der Waals surface area (Å²) < 4.78 is 1.97. The van der Waals surface area contributed by atoms with Crippen LogP contribution in [0.1, 0.15) is 10.4 Å². The molecule has 0 N–H and O–H groups in total. The van der Waals surface area contributed by atoms with E-state index in [9.17, 15) is 4.79 Å². The summed E-state index contributed by atoms with van der Waals surface area (Å²) >= 11 is 0. The van der Waals surface area contributed by atoms with E-state index in [0.717, 1.165) is 23.0 Å². The molecule has 17 heavy (non-hydrogen) atoms. The number of carbonyl (C=O) groups excluding carboxylic acids is 1. The van der Waals surface area contributed by atoms with Gasteiger partial charge in [-0.2, -0.15) is 0 Å². The fraction of sp³-hybridized carbons (Fsp3) is 0. The summed E-state index contributed by atoms with van der Waals surface area (Å²) in [4.78, 5) is 15.1. The lowest BCUT2D eigenvalue weighted by Crippen LogP contribution is -1.92. The van der Waals surface area contributed by atoms with E-state index >= 15 is 0 Å². The Balaban J connectivity index is 2.23. The van der Waals surface area contributed by atoms with Crippen molar-refractivity contribution < 1.29 is 4.79 Å². The summed E-state index contributed by atoms with van der Waals surface area (Å²) in [6.07, 6.45) is 2.62. The van der Waals surface area contributed by atoms with Crippen molar-refractivity contribution in [3.8, 4) is 5.69 Å². The van der Waals surface area contributed by atoms with Gasteiger partial charge >= 0.3 is 0 Å². The van der Waals surface area contributed by atoms with Crippen LogP contribution in [0.4, 0.5) is 0 Å². The average molecular weight is 222 g/mol. The minimum absolute atomic E-state index is 0.667. The smallest absolute Gasteiger partial charge is 0.150 e. The normalized spacial score (nSPS) is 10.6. The second kappa shape index (κ2) is 3.87. The number of carbonyl (C=O) groups is 1. The maximum Gasteiger partial charge on any atom is 0.150 e. The maximum absolute atomic E-state index is 10.8. The van der Waals surface area contributed by atoms with Gasteiger partial charge in [-0.15, -0.1) is 0 Å². The van der Waals surface area contributed by atoms with Crippen LogP contribution >= 0.6 is 0 Å². The molecule has 0 amide bonds. The molecule has 3 rings (SSSR count). The first-order valence-electron chi connectivity index (χ1n) is 5.36. The number of benzene rings is 2. The Morgan fingerprint density at radius 1 is 1.06 bits per heavy atom. The topological polar surface area (TPSA) is 34.9 Å². The molecule has 0 aliphatic heterocycles. The third-order valence-electron chi connectivity index (χ3n) is 2.74. The fourth-order valence-electron chi connectivity index (χ4n) is 1.91. The van der Waals surface area contributed by atoms with E-state index in [1.807, 2.05) is 47.0 Å². The zero-order valence-electron chi connectivity index (χ0n) is 9.08. The summed E-state index contributed by atoms with van der Waals surface area (Å²) in [6, 6.07) is 15.4. The molecule has 82 valence electrons. The van der Waals surface area contributed by atoms with Gasteiger partial charge in [-0.25, -0.2) is 4.98 Å². The molecule has 3 nitrogen and oxygen atoms in total. The number of fused-ring (bicyclic) bond motifs is 1. The summed E-state index contributed by atoms with van der Waals surface area (Å²) in [5.74, 6) is 0. The number of rotatable bonds is 2. The molecule has 0 bridgehead atoms. The van der Waals surface area contributed by atoms with E-state index in [0.29, 0.717) is 5.56 Å². The Morgan fingerprint density at radius 3 is 2.82 bits per heavy atom. The minimum Gasteiger partial charge on any atom is -0.299 e. The standard InChI is InChI=1S/C14H10N2O/c17-9-11-4-3-5-12(8-11)16-10-15-13-6-1-2-7-14(13)16/h1-10H. The second-order valence-electron chi connectivity index (χ2n) is 3.82. The minimum atomic E-state index is 0.667. The van der Waals surface area contributed by atoms with Crippen LogP contribution in [0.2, 0.25) is 0 Å². The molecule has 0 aliphatic carbocycles. The molecule has 2 aromatic carbocycles. The van der Waals surface area contributed by atoms with E-state index in [-0.39, 0.29) is 0 Å². The number of aldehydes is 1. The van der Waals surface area contributed by atoms with Gasteiger partial charge in [0.2, 0.25) is 0 Å². The van der Waals surface area contributed by atoms with Gasteiger partial charge in [0.1, 0.15) is 12.6 Å². The second-order valence-corrected chi connectivity index (χ2v) is 3.82. The average Bonchev–Trinajstić information content (AvgIpc) is 2.82. The molecule has 0 aliphatic rings. The van der Waals surface area contributed by atoms with Gasteiger partial charge in [-0.3, -0.25) is 9.36 Å². The first kappa shape index (κ1) is 9.78. The molecule has 0 unspecified atom stereocenters. The summed E-state index contributed by atoms with van der Waals surface area (Å²) in [5.41, 5.74) is 3.60. The van der Waals surface area contributed by atoms with Gasteiger partial charge in [0.15, 0.2) is 0 Å². The van der Waals surface area contributed by atoms with Crippen LogP contribution in [0.15, 0.2) is 54.9 Å². The van der Waals surface area contributed by atoms with Crippen molar-refractivity contribution in [3.05, 3.63) is 60.4 Å². The molecule has 0 saturated heterocycles. The molecule has 3 heteroatoms. The number of hydrogen-bond donors (Lipinski definition) is 0. The summed E-state index contributed by atoms with van der Waals surface area (Å²) in [5, 5.41) is 0. The van der Waals surface area contributed by atoms with Crippen molar-refractivity contribution in [2.45, 2.75) is 0 Å². The van der Waals surface area contributed by atoms with Gasteiger partial charge in [-0.05, 0) is 24.3 Å². The predicted octanol–water partition coefficient (Wildman–Crippen LogP) is 2.84. The van der Waals surface area contributed by atoms with E-state index in [1.165, 1.54) is 0 Å². The highest BCUT2D eigenvalue weighted by molar-refractivity contribution is 5.79. The van der Waals surface area contributed by atoms with Crippen molar-refractivity contribution >= 4 is 17.3 Å². The molecule has 0 radical (unpaired) electrons. The largest absolute Gasteiger partial charge is 0.299 e. The fourth-order valence-corrected chi connectivity index (χ4v) is 1.91. The lowest BCUT2D eigenvalue weighted by Gasteiger charge is -2.04. The van der Waals surface area contributed by atoms with Crippen LogP contribution in [0.3, 0.4) is 0 Å². The Labute approximate surface area is 98.3 Å². The van der Waals surface area contributed by atoms with E-state index in [2.05, 4.69) is 4.98 Å². The molecule has 0 saturated carbocycles. The first-order chi connectivity index (χ1) is 8.38. The summed E-state index contributed by atoms with van der Waals surface area (Å²) in [7, 11) is 0. The van der Waals surface area contributed by atoms with Crippen molar-refractivity contribution in [1.29, 1.82) is 0 Å². The highest BCUT2D eigenvalue weighted by Gasteiger charge is 2.03. The zero-order chi connectivity index (χ0) is 11.7. The van der Waals surface area contributed by atoms with Gasteiger partial charge in [0.25, 0.3) is 0 Å². The Hall–Kier alpha value is -2.42. The monoisotopic (exact) mass is 222 g/mol. The van der Waals surface area contributed by atoms with Crippen molar-refractivity contribution in [1.82, 2.24) is 9.55 Å². The molecule has 0 atom stereocenters. The number of nitrogens with zero attached hydrogens (tertiary/aromatic N) is 2. The Kier molecular flexibility index (Phi) is 2.22. The molecule has 0 fully saturated rings. The van der Waals surface area contributed by atoms with E-state index in [1.54, 1.807) is 12.4 Å². The lowest BCUT2D eigenvalue weighted by molar-refractivity contribution is 0.112. The lowest BCUT2D eigenvalue weighted by atomic mass is 10.2. The Morgan fingerprint density at radius 2 is 1.94 bits per heavy atom. The highest BCUT2D eigenvalue weighted by Crippen LogP contribution is 2.18. The van der Waals surface area contributed by atoms with Gasteiger partial charge in [-0.1, -0.05) is 24.3 Å². The van der Waals surface area contributed by atoms with Crippen LogP contribution in [0.5, 0.6) is 0 Å². The number of aromatic nitrogens is 2. The van der Waals surface area contributed by atoms with Crippen LogP contribution in [-0.4, -0.2) is 15.8 Å². The third-order valence-corrected chi connectivity index (χ3v) is 2.74. The van der Waals surface area contributed by atoms with Crippen LogP contribution in [-0.2, 0) is 0 Å². The Bertz CT molecular complexity index is 685. The molecular weight excluding hydrogens is 212 g/mol. The number of hydrogen-bond acceptors (Lipinski definition) is 2. The first-order valence-corrected chi connectivity index (χ1v) is 5.36. The van der Waals surface area contributed by atoms with E-state index in [4.69, 9.17) is 0 Å². The molecule has 1 aromatic heterocycles. The zero-order valence-corrected chi connectivity index (χ0v) is 9.08. The van der Waals surface area contributed by atoms with Gasteiger partial charge in [0, 0.05) is 11.3 Å². The van der Waals surface area contributed by atoms with Crippen molar-refractivity contribution in [2.24, 2.45) is 0 Å². The molecule has 3 aromatic rings. The van der Waals surface area contributed by atoms with Crippen LogP contribution in [0, 0.1) is 0 Å². The quantitative estimate of drug-likeness (QED) is 0.625. The van der Waals surface area contributed by atoms with Crippen LogP contribution in [0.25, 0.3) is 16.7 Å². The van der Waals surface area contributed by atoms with Gasteiger partial charge < -0.3 is 0 Å². The molecule has 1 heterocycles. The van der Waals surface area contributed by atoms with Crippen LogP contribution < -0.4 is 0 Å². The highest BCUT2D eigenvalue weighted by atomic mass is 16.1. The number of imidazole rings is 1. The van der Waals surface area contributed by atoms with E-state index < -0.39 is 0 Å². The predicted molar refractivity (Wildman–Crippen MR) is 66.5 cm³/mol. The van der Waals surface area contributed by atoms with Crippen molar-refractivity contribution in [3.63, 3.8) is 0 Å². The SMILES string of the molecule is O=Cc1cccc(-n2cnc3ccccc32)c1. The van der Waals surface area contributed by atoms with Gasteiger partial charge in [0.05, 0.1) is 11.0 Å².